The predicted molar refractivity (Wildman–Crippen MR) is 64.8 cm³/mol. The van der Waals surface area contributed by atoms with Crippen LogP contribution < -0.4 is 0 Å². The largest absolute Gasteiger partial charge is 0.300 e. The molecule has 98 valence electrons. The number of carbonyl (C=O) groups is 1. The van der Waals surface area contributed by atoms with Gasteiger partial charge in [-0.3, -0.25) is 4.79 Å². The smallest absolute Gasteiger partial charge is 0.282 e. The van der Waals surface area contributed by atoms with Gasteiger partial charge in [0.25, 0.3) is 10.2 Å². The molecule has 1 atom stereocenters. The minimum Gasteiger partial charge on any atom is -0.300 e. The van der Waals surface area contributed by atoms with E-state index in [1.807, 2.05) is 0 Å². The van der Waals surface area contributed by atoms with Gasteiger partial charge in [0, 0.05) is 32.1 Å². The Hall–Kier alpha value is -0.460. The van der Waals surface area contributed by atoms with Gasteiger partial charge < -0.3 is 0 Å². The normalized spacial score (nSPS) is 27.7. The fourth-order valence-corrected chi connectivity index (χ4v) is 4.65. The molecule has 0 saturated carbocycles. The number of carbonyl (C=O) groups excluding carboxylic acids is 1. The van der Waals surface area contributed by atoms with Gasteiger partial charge in [-0.1, -0.05) is 0 Å². The average molecular weight is 260 g/mol. The Labute approximate surface area is 103 Å². The molecule has 6 heteroatoms. The minimum absolute atomic E-state index is 0.0681. The third-order valence-corrected chi connectivity index (χ3v) is 5.63. The van der Waals surface area contributed by atoms with E-state index in [-0.39, 0.29) is 11.8 Å². The summed E-state index contributed by atoms with van der Waals surface area (Å²) in [6.45, 7) is 3.35. The summed E-state index contributed by atoms with van der Waals surface area (Å²) in [5.41, 5.74) is 0. The maximum absolute atomic E-state index is 12.4. The second kappa shape index (κ2) is 5.04. The topological polar surface area (TPSA) is 57.7 Å². The van der Waals surface area contributed by atoms with Crippen LogP contribution in [0.1, 0.15) is 39.0 Å². The van der Waals surface area contributed by atoms with E-state index in [1.165, 1.54) is 6.92 Å². The van der Waals surface area contributed by atoms with Gasteiger partial charge in [0.1, 0.15) is 5.78 Å². The molecule has 1 unspecified atom stereocenters. The highest BCUT2D eigenvalue weighted by atomic mass is 32.2. The predicted octanol–water partition coefficient (Wildman–Crippen LogP) is 0.771. The van der Waals surface area contributed by atoms with Crippen molar-refractivity contribution >= 4 is 16.0 Å². The van der Waals surface area contributed by atoms with Gasteiger partial charge in [0.05, 0.1) is 0 Å². The molecule has 5 nitrogen and oxygen atoms in total. The Morgan fingerprint density at radius 2 is 1.82 bits per heavy atom. The molecule has 2 heterocycles. The molecule has 0 aromatic carbocycles. The fraction of sp³-hybridized carbons (Fsp3) is 0.909. The molecular weight excluding hydrogens is 240 g/mol. The Kier molecular flexibility index (Phi) is 3.85. The fourth-order valence-electron chi connectivity index (χ4n) is 2.72. The molecule has 0 aromatic heterocycles. The molecular formula is C11H20N2O3S. The Morgan fingerprint density at radius 1 is 1.18 bits per heavy atom. The maximum atomic E-state index is 12.4. The highest BCUT2D eigenvalue weighted by Gasteiger charge is 2.39. The van der Waals surface area contributed by atoms with Crippen molar-refractivity contribution in [2.45, 2.75) is 45.1 Å². The molecule has 0 bridgehead atoms. The van der Waals surface area contributed by atoms with Crippen LogP contribution >= 0.6 is 0 Å². The lowest BCUT2D eigenvalue weighted by Gasteiger charge is -2.28. The first-order valence-corrected chi connectivity index (χ1v) is 7.68. The third-order valence-electron chi connectivity index (χ3n) is 3.53. The lowest BCUT2D eigenvalue weighted by Crippen LogP contribution is -2.45. The van der Waals surface area contributed by atoms with Gasteiger partial charge >= 0.3 is 0 Å². The molecule has 0 N–H and O–H groups in total. The van der Waals surface area contributed by atoms with E-state index in [1.54, 1.807) is 8.61 Å². The summed E-state index contributed by atoms with van der Waals surface area (Å²) in [5, 5.41) is 0. The summed E-state index contributed by atoms with van der Waals surface area (Å²) < 4.78 is 27.8. The van der Waals surface area contributed by atoms with E-state index in [0.717, 1.165) is 25.7 Å². The Morgan fingerprint density at radius 3 is 2.41 bits per heavy atom. The first-order chi connectivity index (χ1) is 8.01. The summed E-state index contributed by atoms with van der Waals surface area (Å²) in [6.07, 6.45) is 3.93. The number of hydrogen-bond acceptors (Lipinski definition) is 3. The van der Waals surface area contributed by atoms with Crippen molar-refractivity contribution in [2.24, 2.45) is 0 Å². The van der Waals surface area contributed by atoms with E-state index in [9.17, 15) is 13.2 Å². The number of ketones is 1. The highest BCUT2D eigenvalue weighted by molar-refractivity contribution is 7.86. The molecule has 2 fully saturated rings. The van der Waals surface area contributed by atoms with Crippen molar-refractivity contribution in [1.29, 1.82) is 0 Å². The van der Waals surface area contributed by atoms with E-state index in [4.69, 9.17) is 0 Å². The van der Waals surface area contributed by atoms with Crippen LogP contribution in [0.25, 0.3) is 0 Å². The van der Waals surface area contributed by atoms with Crippen molar-refractivity contribution in [3.63, 3.8) is 0 Å². The molecule has 17 heavy (non-hydrogen) atoms. The standard InChI is InChI=1S/C11H20N2O3S/c1-10(14)9-11-5-4-8-13(11)17(15,16)12-6-2-3-7-12/h11H,2-9H2,1H3. The molecule has 2 aliphatic rings. The van der Waals surface area contributed by atoms with Gasteiger partial charge in [0.15, 0.2) is 0 Å². The lowest BCUT2D eigenvalue weighted by molar-refractivity contribution is -0.117. The van der Waals surface area contributed by atoms with Crippen molar-refractivity contribution in [3.05, 3.63) is 0 Å². The summed E-state index contributed by atoms with van der Waals surface area (Å²) in [4.78, 5) is 11.2. The number of hydrogen-bond donors (Lipinski definition) is 0. The zero-order chi connectivity index (χ0) is 12.5. The van der Waals surface area contributed by atoms with Gasteiger partial charge in [0.2, 0.25) is 0 Å². The van der Waals surface area contributed by atoms with E-state index < -0.39 is 10.2 Å². The van der Waals surface area contributed by atoms with E-state index in [0.29, 0.717) is 26.1 Å². The van der Waals surface area contributed by atoms with Crippen LogP contribution in [0.15, 0.2) is 0 Å². The molecule has 0 amide bonds. The van der Waals surface area contributed by atoms with Crippen molar-refractivity contribution in [2.75, 3.05) is 19.6 Å². The molecule has 0 aliphatic carbocycles. The molecule has 0 radical (unpaired) electrons. The van der Waals surface area contributed by atoms with E-state index >= 15 is 0 Å². The second-order valence-electron chi connectivity index (χ2n) is 4.93. The molecule has 0 spiro atoms. The number of nitrogens with zero attached hydrogens (tertiary/aromatic N) is 2. The third kappa shape index (κ3) is 2.69. The number of Topliss-reactive ketones (excluding diaryl/α,β-unsaturated/α-hetero) is 1. The van der Waals surface area contributed by atoms with Crippen LogP contribution in [0.5, 0.6) is 0 Å². The van der Waals surface area contributed by atoms with Gasteiger partial charge in [-0.2, -0.15) is 17.0 Å². The van der Waals surface area contributed by atoms with Crippen LogP contribution in [0.4, 0.5) is 0 Å². The minimum atomic E-state index is -3.32. The Balaban J connectivity index is 2.11. The lowest BCUT2D eigenvalue weighted by atomic mass is 10.1. The van der Waals surface area contributed by atoms with Crippen molar-refractivity contribution < 1.29 is 13.2 Å². The molecule has 2 rings (SSSR count). The number of rotatable bonds is 4. The average Bonchev–Trinajstić information content (AvgIpc) is 2.85. The molecule has 0 aromatic rings. The molecule has 2 aliphatic heterocycles. The van der Waals surface area contributed by atoms with Crippen LogP contribution in [0, 0.1) is 0 Å². The SMILES string of the molecule is CC(=O)CC1CCCN1S(=O)(=O)N1CCCC1. The van der Waals surface area contributed by atoms with Crippen LogP contribution in [-0.4, -0.2) is 48.5 Å². The van der Waals surface area contributed by atoms with Crippen LogP contribution in [0.2, 0.25) is 0 Å². The summed E-state index contributed by atoms with van der Waals surface area (Å²) >= 11 is 0. The first-order valence-electron chi connectivity index (χ1n) is 6.28. The summed E-state index contributed by atoms with van der Waals surface area (Å²) in [5.74, 6) is 0.0681. The van der Waals surface area contributed by atoms with E-state index in [2.05, 4.69) is 0 Å². The van der Waals surface area contributed by atoms with Crippen LogP contribution in [-0.2, 0) is 15.0 Å². The van der Waals surface area contributed by atoms with Gasteiger partial charge in [-0.05, 0) is 32.6 Å². The Bertz CT molecular complexity index is 388. The summed E-state index contributed by atoms with van der Waals surface area (Å²) in [6, 6.07) is -0.113. The highest BCUT2D eigenvalue weighted by Crippen LogP contribution is 2.27. The summed E-state index contributed by atoms with van der Waals surface area (Å²) in [7, 11) is -3.32. The van der Waals surface area contributed by atoms with Crippen LogP contribution in [0.3, 0.4) is 0 Å². The zero-order valence-corrected chi connectivity index (χ0v) is 11.1. The van der Waals surface area contributed by atoms with Gasteiger partial charge in [-0.25, -0.2) is 0 Å². The zero-order valence-electron chi connectivity index (χ0n) is 10.3. The molecule has 2 saturated heterocycles. The van der Waals surface area contributed by atoms with Gasteiger partial charge in [-0.15, -0.1) is 0 Å². The monoisotopic (exact) mass is 260 g/mol. The van der Waals surface area contributed by atoms with Crippen molar-refractivity contribution in [3.8, 4) is 0 Å². The first kappa shape index (κ1) is 13.0. The van der Waals surface area contributed by atoms with Crippen molar-refractivity contribution in [1.82, 2.24) is 8.61 Å². The second-order valence-corrected chi connectivity index (χ2v) is 6.81. The quantitative estimate of drug-likeness (QED) is 0.750. The maximum Gasteiger partial charge on any atom is 0.282 e.